The number of anilines is 1. The van der Waals surface area contributed by atoms with Gasteiger partial charge in [0, 0.05) is 6.04 Å². The van der Waals surface area contributed by atoms with Crippen molar-refractivity contribution in [3.05, 3.63) is 28.8 Å². The molecule has 0 aliphatic heterocycles. The van der Waals surface area contributed by atoms with Gasteiger partial charge in [-0.3, -0.25) is 0 Å². The van der Waals surface area contributed by atoms with E-state index < -0.39 is 0 Å². The van der Waals surface area contributed by atoms with Gasteiger partial charge in [-0.25, -0.2) is 0 Å². The van der Waals surface area contributed by atoms with Crippen LogP contribution >= 0.6 is 11.6 Å². The molecule has 1 atom stereocenters. The van der Waals surface area contributed by atoms with E-state index in [4.69, 9.17) is 16.9 Å². The van der Waals surface area contributed by atoms with Crippen molar-refractivity contribution in [1.82, 2.24) is 0 Å². The Labute approximate surface area is 108 Å². The number of nitrogens with zero attached hydrogens (tertiary/aromatic N) is 1. The zero-order valence-electron chi connectivity index (χ0n) is 10.0. The maximum Gasteiger partial charge on any atom is 0.0992 e. The molecule has 1 aromatic carbocycles. The summed E-state index contributed by atoms with van der Waals surface area (Å²) in [5.74, 6) is 0.884. The van der Waals surface area contributed by atoms with E-state index in [1.165, 1.54) is 25.7 Å². The predicted molar refractivity (Wildman–Crippen MR) is 71.2 cm³/mol. The molecule has 0 amide bonds. The molecule has 0 radical (unpaired) electrons. The zero-order valence-corrected chi connectivity index (χ0v) is 10.8. The third-order valence-corrected chi connectivity index (χ3v) is 3.72. The number of hydrogen-bond acceptors (Lipinski definition) is 2. The molecule has 2 nitrogen and oxygen atoms in total. The lowest BCUT2D eigenvalue weighted by atomic mass is 9.81. The van der Waals surface area contributed by atoms with Crippen molar-refractivity contribution in [2.24, 2.45) is 5.92 Å². The van der Waals surface area contributed by atoms with Gasteiger partial charge in [0.05, 0.1) is 22.3 Å². The average molecular weight is 249 g/mol. The Kier molecular flexibility index (Phi) is 3.91. The molecule has 1 aromatic rings. The first-order chi connectivity index (χ1) is 8.19. The number of benzene rings is 1. The quantitative estimate of drug-likeness (QED) is 0.867. The van der Waals surface area contributed by atoms with Gasteiger partial charge in [-0.15, -0.1) is 0 Å². The molecule has 0 spiro atoms. The molecule has 0 aromatic heterocycles. The standard InChI is InChI=1S/C14H17ClN2/c1-10(7-11-3-2-4-11)17-14-6-5-12(9-16)8-13(14)15/h5-6,8,10-11,17H,2-4,7H2,1H3. The van der Waals surface area contributed by atoms with E-state index in [9.17, 15) is 0 Å². The minimum Gasteiger partial charge on any atom is -0.381 e. The Morgan fingerprint density at radius 1 is 1.53 bits per heavy atom. The van der Waals surface area contributed by atoms with Crippen molar-refractivity contribution in [2.45, 2.75) is 38.6 Å². The summed E-state index contributed by atoms with van der Waals surface area (Å²) in [5, 5.41) is 12.8. The number of nitrogens with one attached hydrogen (secondary N) is 1. The molecule has 1 unspecified atom stereocenters. The first-order valence-corrected chi connectivity index (χ1v) is 6.53. The van der Waals surface area contributed by atoms with Crippen LogP contribution in [0.5, 0.6) is 0 Å². The van der Waals surface area contributed by atoms with Crippen LogP contribution in [0.4, 0.5) is 5.69 Å². The van der Waals surface area contributed by atoms with E-state index in [1.807, 2.05) is 6.07 Å². The van der Waals surface area contributed by atoms with E-state index in [0.29, 0.717) is 16.6 Å². The number of rotatable bonds is 4. The highest BCUT2D eigenvalue weighted by Crippen LogP contribution is 2.32. The Morgan fingerprint density at radius 3 is 2.82 bits per heavy atom. The van der Waals surface area contributed by atoms with Gasteiger partial charge in [-0.05, 0) is 37.5 Å². The van der Waals surface area contributed by atoms with Gasteiger partial charge in [-0.2, -0.15) is 5.26 Å². The summed E-state index contributed by atoms with van der Waals surface area (Å²) in [7, 11) is 0. The molecule has 0 heterocycles. The summed E-state index contributed by atoms with van der Waals surface area (Å²) in [6.45, 7) is 2.19. The van der Waals surface area contributed by atoms with Gasteiger partial charge in [0.15, 0.2) is 0 Å². The van der Waals surface area contributed by atoms with Gasteiger partial charge >= 0.3 is 0 Å². The molecule has 0 bridgehead atoms. The largest absolute Gasteiger partial charge is 0.381 e. The fourth-order valence-corrected chi connectivity index (χ4v) is 2.49. The Balaban J connectivity index is 1.95. The van der Waals surface area contributed by atoms with Crippen LogP contribution in [0.2, 0.25) is 5.02 Å². The lowest BCUT2D eigenvalue weighted by Crippen LogP contribution is -2.23. The molecule has 3 heteroatoms. The van der Waals surface area contributed by atoms with Gasteiger partial charge in [-0.1, -0.05) is 30.9 Å². The van der Waals surface area contributed by atoms with Crippen molar-refractivity contribution in [3.63, 3.8) is 0 Å². The number of nitriles is 1. The second kappa shape index (κ2) is 5.42. The predicted octanol–water partition coefficient (Wildman–Crippen LogP) is 4.20. The van der Waals surface area contributed by atoms with Crippen LogP contribution in [0.3, 0.4) is 0 Å². The average Bonchev–Trinajstić information content (AvgIpc) is 2.26. The molecule has 1 aliphatic rings. The van der Waals surface area contributed by atoms with Crippen LogP contribution in [-0.2, 0) is 0 Å². The van der Waals surface area contributed by atoms with Crippen LogP contribution in [0, 0.1) is 17.2 Å². The smallest absolute Gasteiger partial charge is 0.0992 e. The fraction of sp³-hybridized carbons (Fsp3) is 0.500. The van der Waals surface area contributed by atoms with Crippen molar-refractivity contribution in [1.29, 1.82) is 5.26 Å². The van der Waals surface area contributed by atoms with Crippen LogP contribution in [0.25, 0.3) is 0 Å². The first-order valence-electron chi connectivity index (χ1n) is 6.15. The first kappa shape index (κ1) is 12.3. The molecule has 1 fully saturated rings. The maximum atomic E-state index is 8.76. The van der Waals surface area contributed by atoms with Gasteiger partial charge in [0.2, 0.25) is 0 Å². The van der Waals surface area contributed by atoms with Crippen molar-refractivity contribution < 1.29 is 0 Å². The molecule has 0 saturated heterocycles. The molecule has 90 valence electrons. The second-order valence-electron chi connectivity index (χ2n) is 4.88. The summed E-state index contributed by atoms with van der Waals surface area (Å²) < 4.78 is 0. The lowest BCUT2D eigenvalue weighted by Gasteiger charge is -2.29. The minimum absolute atomic E-state index is 0.436. The number of hydrogen-bond donors (Lipinski definition) is 1. The van der Waals surface area contributed by atoms with Crippen molar-refractivity contribution >= 4 is 17.3 Å². The Bertz CT molecular complexity index is 432. The van der Waals surface area contributed by atoms with Crippen LogP contribution in [0.15, 0.2) is 18.2 Å². The molecule has 1 aliphatic carbocycles. The fourth-order valence-electron chi connectivity index (χ4n) is 2.25. The summed E-state index contributed by atoms with van der Waals surface area (Å²) in [4.78, 5) is 0. The normalized spacial score (nSPS) is 17.0. The van der Waals surface area contributed by atoms with E-state index >= 15 is 0 Å². The van der Waals surface area contributed by atoms with Gasteiger partial charge in [0.25, 0.3) is 0 Å². The molecule has 2 rings (SSSR count). The Morgan fingerprint density at radius 2 is 2.29 bits per heavy atom. The summed E-state index contributed by atoms with van der Waals surface area (Å²) in [6, 6.07) is 7.91. The highest BCUT2D eigenvalue weighted by atomic mass is 35.5. The van der Waals surface area contributed by atoms with E-state index in [1.54, 1.807) is 12.1 Å². The van der Waals surface area contributed by atoms with Crippen LogP contribution in [0.1, 0.15) is 38.2 Å². The summed E-state index contributed by atoms with van der Waals surface area (Å²) in [5.41, 5.74) is 1.53. The van der Waals surface area contributed by atoms with Gasteiger partial charge < -0.3 is 5.32 Å². The lowest BCUT2D eigenvalue weighted by molar-refractivity contribution is 0.286. The third-order valence-electron chi connectivity index (χ3n) is 3.41. The van der Waals surface area contributed by atoms with Crippen molar-refractivity contribution in [3.8, 4) is 6.07 Å². The van der Waals surface area contributed by atoms with Gasteiger partial charge in [0.1, 0.15) is 0 Å². The summed E-state index contributed by atoms with van der Waals surface area (Å²) >= 11 is 6.12. The molecular formula is C14H17ClN2. The molecule has 1 N–H and O–H groups in total. The van der Waals surface area contributed by atoms with E-state index in [0.717, 1.165) is 11.6 Å². The molecule has 1 saturated carbocycles. The monoisotopic (exact) mass is 248 g/mol. The van der Waals surface area contributed by atoms with Crippen molar-refractivity contribution in [2.75, 3.05) is 5.32 Å². The summed E-state index contributed by atoms with van der Waals surface area (Å²) in [6.07, 6.45) is 5.32. The molecular weight excluding hydrogens is 232 g/mol. The third kappa shape index (κ3) is 3.14. The maximum absolute atomic E-state index is 8.76. The van der Waals surface area contributed by atoms with E-state index in [-0.39, 0.29) is 0 Å². The van der Waals surface area contributed by atoms with Crippen LogP contribution in [-0.4, -0.2) is 6.04 Å². The highest BCUT2D eigenvalue weighted by Gasteiger charge is 2.20. The molecule has 17 heavy (non-hydrogen) atoms. The second-order valence-corrected chi connectivity index (χ2v) is 5.29. The number of halogens is 1. The highest BCUT2D eigenvalue weighted by molar-refractivity contribution is 6.33. The topological polar surface area (TPSA) is 35.8 Å². The Hall–Kier alpha value is -1.20. The zero-order chi connectivity index (χ0) is 12.3. The van der Waals surface area contributed by atoms with Crippen LogP contribution < -0.4 is 5.32 Å². The SMILES string of the molecule is CC(CC1CCC1)Nc1ccc(C#N)cc1Cl. The minimum atomic E-state index is 0.436. The van der Waals surface area contributed by atoms with E-state index in [2.05, 4.69) is 18.3 Å².